The lowest BCUT2D eigenvalue weighted by Crippen LogP contribution is -2.69. The van der Waals surface area contributed by atoms with Crippen LogP contribution in [0.5, 0.6) is 5.75 Å². The number of benzene rings is 2. The highest BCUT2D eigenvalue weighted by Gasteiger charge is 2.50. The van der Waals surface area contributed by atoms with Crippen molar-refractivity contribution in [2.24, 2.45) is 0 Å². The Morgan fingerprint density at radius 2 is 1.59 bits per heavy atom. The number of nitrogens with one attached hydrogen (secondary N) is 2. The Morgan fingerprint density at radius 3 is 2.15 bits per heavy atom. The summed E-state index contributed by atoms with van der Waals surface area (Å²) in [5.41, 5.74) is -0.0711. The van der Waals surface area contributed by atoms with Gasteiger partial charge >= 0.3 is 5.97 Å². The van der Waals surface area contributed by atoms with E-state index in [1.807, 2.05) is 13.8 Å². The molecule has 0 atom stereocenters. The summed E-state index contributed by atoms with van der Waals surface area (Å²) in [6.07, 6.45) is 1.04. The molecule has 1 fully saturated rings. The monoisotopic (exact) mass is 492 g/mol. The Labute approximate surface area is 201 Å². The van der Waals surface area contributed by atoms with Crippen LogP contribution in [0.3, 0.4) is 0 Å². The van der Waals surface area contributed by atoms with Crippen molar-refractivity contribution in [3.63, 3.8) is 0 Å². The summed E-state index contributed by atoms with van der Waals surface area (Å²) in [5, 5.41) is 14.7. The second kappa shape index (κ2) is 10.4. The van der Waals surface area contributed by atoms with Gasteiger partial charge < -0.3 is 25.2 Å². The molecule has 10 heteroatoms. The number of hydrogen-bond donors (Lipinski definition) is 3. The topological polar surface area (TPSA) is 114 Å². The van der Waals surface area contributed by atoms with E-state index < -0.39 is 22.9 Å². The number of rotatable bonds is 10. The fraction of sp³-hybridized carbons (Fsp3) is 0.375. The molecule has 1 aliphatic rings. The van der Waals surface area contributed by atoms with E-state index in [4.69, 9.17) is 26.2 Å². The van der Waals surface area contributed by atoms with E-state index >= 15 is 0 Å². The van der Waals surface area contributed by atoms with Crippen LogP contribution in [0.25, 0.3) is 0 Å². The third-order valence-electron chi connectivity index (χ3n) is 5.41. The van der Waals surface area contributed by atoms with Gasteiger partial charge in [-0.25, -0.2) is 9.18 Å². The largest absolute Gasteiger partial charge is 0.484 e. The molecule has 182 valence electrons. The molecule has 2 aromatic carbocycles. The van der Waals surface area contributed by atoms with Crippen LogP contribution in [0, 0.1) is 5.82 Å². The number of halogens is 2. The number of hydrogen-bond acceptors (Lipinski definition) is 5. The summed E-state index contributed by atoms with van der Waals surface area (Å²) < 4.78 is 24.2. The molecular weight excluding hydrogens is 467 g/mol. The number of amides is 2. The van der Waals surface area contributed by atoms with Crippen molar-refractivity contribution < 1.29 is 33.4 Å². The first-order chi connectivity index (χ1) is 16.0. The van der Waals surface area contributed by atoms with Crippen LogP contribution >= 0.6 is 11.6 Å². The zero-order valence-corrected chi connectivity index (χ0v) is 19.6. The molecule has 3 rings (SSSR count). The molecule has 34 heavy (non-hydrogen) atoms. The lowest BCUT2D eigenvalue weighted by atomic mass is 9.64. The molecule has 2 amide bonds. The second-order valence-electron chi connectivity index (χ2n) is 8.93. The SMILES string of the molecule is CC1(NC(=O)COCc2ccc(C(=O)O)cc2)CC(C)(NC(=O)COc2ccc(Cl)c(F)c2)C1. The lowest BCUT2D eigenvalue weighted by Gasteiger charge is -2.53. The Kier molecular flexibility index (Phi) is 7.78. The number of aromatic carboxylic acids is 1. The molecule has 0 radical (unpaired) electrons. The van der Waals surface area contributed by atoms with E-state index in [0.717, 1.165) is 11.6 Å². The van der Waals surface area contributed by atoms with Crippen molar-refractivity contribution in [2.75, 3.05) is 13.2 Å². The van der Waals surface area contributed by atoms with Crippen molar-refractivity contribution in [1.29, 1.82) is 0 Å². The zero-order chi connectivity index (χ0) is 24.9. The molecule has 0 heterocycles. The molecule has 8 nitrogen and oxygen atoms in total. The van der Waals surface area contributed by atoms with E-state index in [2.05, 4.69) is 10.6 Å². The minimum atomic E-state index is -1.01. The van der Waals surface area contributed by atoms with E-state index in [1.165, 1.54) is 24.3 Å². The highest BCUT2D eigenvalue weighted by molar-refractivity contribution is 6.30. The minimum Gasteiger partial charge on any atom is -0.484 e. The van der Waals surface area contributed by atoms with E-state index in [0.29, 0.717) is 12.8 Å². The van der Waals surface area contributed by atoms with Crippen LogP contribution < -0.4 is 15.4 Å². The van der Waals surface area contributed by atoms with E-state index in [-0.39, 0.29) is 48.0 Å². The first-order valence-electron chi connectivity index (χ1n) is 10.6. The fourth-order valence-electron chi connectivity index (χ4n) is 4.31. The predicted octanol–water partition coefficient (Wildman–Crippen LogP) is 3.32. The average Bonchev–Trinajstić information content (AvgIpc) is 2.73. The van der Waals surface area contributed by atoms with Gasteiger partial charge in [-0.05, 0) is 56.5 Å². The zero-order valence-electron chi connectivity index (χ0n) is 18.8. The van der Waals surface area contributed by atoms with Gasteiger partial charge in [0.15, 0.2) is 6.61 Å². The molecule has 3 N–H and O–H groups in total. The minimum absolute atomic E-state index is 0.0279. The van der Waals surface area contributed by atoms with Gasteiger partial charge in [0.2, 0.25) is 5.91 Å². The van der Waals surface area contributed by atoms with Gasteiger partial charge in [-0.2, -0.15) is 0 Å². The number of carboxylic acids is 1. The number of carboxylic acid groups (broad SMARTS) is 1. The Bertz CT molecular complexity index is 1070. The van der Waals surface area contributed by atoms with Gasteiger partial charge in [0.1, 0.15) is 18.2 Å². The van der Waals surface area contributed by atoms with Crippen LogP contribution in [-0.4, -0.2) is 47.2 Å². The van der Waals surface area contributed by atoms with E-state index in [1.54, 1.807) is 12.1 Å². The van der Waals surface area contributed by atoms with Crippen LogP contribution in [0.1, 0.15) is 42.6 Å². The molecular formula is C24H26ClFN2O6. The molecule has 0 bridgehead atoms. The predicted molar refractivity (Wildman–Crippen MR) is 122 cm³/mol. The summed E-state index contributed by atoms with van der Waals surface area (Å²) in [6, 6.07) is 10.2. The van der Waals surface area contributed by atoms with Crippen LogP contribution in [0.4, 0.5) is 4.39 Å². The molecule has 0 aliphatic heterocycles. The second-order valence-corrected chi connectivity index (χ2v) is 9.34. The summed E-state index contributed by atoms with van der Waals surface area (Å²) in [7, 11) is 0. The third-order valence-corrected chi connectivity index (χ3v) is 5.71. The van der Waals surface area contributed by atoms with Crippen molar-refractivity contribution in [3.8, 4) is 5.75 Å². The maximum Gasteiger partial charge on any atom is 0.335 e. The maximum absolute atomic E-state index is 13.5. The third kappa shape index (κ3) is 6.91. The van der Waals surface area contributed by atoms with Crippen molar-refractivity contribution in [1.82, 2.24) is 10.6 Å². The average molecular weight is 493 g/mol. The van der Waals surface area contributed by atoms with Crippen LogP contribution in [0.15, 0.2) is 42.5 Å². The van der Waals surface area contributed by atoms with Crippen LogP contribution in [0.2, 0.25) is 5.02 Å². The Balaban J connectivity index is 1.37. The highest BCUT2D eigenvalue weighted by Crippen LogP contribution is 2.40. The van der Waals surface area contributed by atoms with Gasteiger partial charge in [-0.3, -0.25) is 9.59 Å². The Hall–Kier alpha value is -3.17. The van der Waals surface area contributed by atoms with Gasteiger partial charge in [-0.15, -0.1) is 0 Å². The summed E-state index contributed by atoms with van der Waals surface area (Å²) in [6.45, 7) is 3.51. The van der Waals surface area contributed by atoms with Gasteiger partial charge in [0.05, 0.1) is 17.2 Å². The number of carbonyl (C=O) groups is 3. The molecule has 1 saturated carbocycles. The highest BCUT2D eigenvalue weighted by atomic mass is 35.5. The van der Waals surface area contributed by atoms with Crippen LogP contribution in [-0.2, 0) is 20.9 Å². The molecule has 0 aromatic heterocycles. The lowest BCUT2D eigenvalue weighted by molar-refractivity contribution is -0.131. The maximum atomic E-state index is 13.5. The van der Waals surface area contributed by atoms with Crippen molar-refractivity contribution in [3.05, 3.63) is 64.4 Å². The summed E-state index contributed by atoms with van der Waals surface area (Å²) in [4.78, 5) is 35.4. The molecule has 0 spiro atoms. The van der Waals surface area contributed by atoms with Crippen molar-refractivity contribution >= 4 is 29.4 Å². The van der Waals surface area contributed by atoms with Gasteiger partial charge in [0, 0.05) is 17.1 Å². The quantitative estimate of drug-likeness (QED) is 0.469. The van der Waals surface area contributed by atoms with Gasteiger partial charge in [-0.1, -0.05) is 23.7 Å². The number of carbonyl (C=O) groups excluding carboxylic acids is 2. The standard InChI is InChI=1S/C24H26ClFN2O6/c1-23(27-20(29)11-33-10-15-3-5-16(6-4-15)22(31)32)13-24(2,14-23)28-21(30)12-34-17-7-8-18(25)19(26)9-17/h3-9H,10-14H2,1-2H3,(H,27,29)(H,28,30)(H,31,32). The number of ether oxygens (including phenoxy) is 2. The summed E-state index contributed by atoms with van der Waals surface area (Å²) in [5.74, 6) is -2.08. The normalized spacial score (nSPS) is 21.3. The van der Waals surface area contributed by atoms with Crippen molar-refractivity contribution in [2.45, 2.75) is 44.4 Å². The fourth-order valence-corrected chi connectivity index (χ4v) is 4.43. The molecule has 2 aromatic rings. The molecule has 0 unspecified atom stereocenters. The molecule has 0 saturated heterocycles. The van der Waals surface area contributed by atoms with Gasteiger partial charge in [0.25, 0.3) is 5.91 Å². The first kappa shape index (κ1) is 25.5. The first-order valence-corrected chi connectivity index (χ1v) is 10.9. The molecule has 1 aliphatic carbocycles. The van der Waals surface area contributed by atoms with E-state index in [9.17, 15) is 18.8 Å². The summed E-state index contributed by atoms with van der Waals surface area (Å²) >= 11 is 5.62. The smallest absolute Gasteiger partial charge is 0.335 e. The Morgan fingerprint density at radius 1 is 1.00 bits per heavy atom.